The summed E-state index contributed by atoms with van der Waals surface area (Å²) in [7, 11) is 0. The van der Waals surface area contributed by atoms with E-state index in [9.17, 15) is 0 Å². The first kappa shape index (κ1) is 9.83. The largest absolute Gasteiger partial charge is 0.329 e. The number of nitrogens with one attached hydrogen (secondary N) is 2. The average molecular weight is 203 g/mol. The molecule has 0 radical (unpaired) electrons. The van der Waals surface area contributed by atoms with Gasteiger partial charge >= 0.3 is 5.82 Å². The molecule has 0 unspecified atom stereocenters. The van der Waals surface area contributed by atoms with E-state index in [2.05, 4.69) is 53.5 Å². The Morgan fingerprint density at radius 3 is 2.53 bits per heavy atom. The van der Waals surface area contributed by atoms with Gasteiger partial charge in [-0.1, -0.05) is 44.2 Å². The van der Waals surface area contributed by atoms with Crippen LogP contribution in [-0.4, -0.2) is 15.5 Å². The summed E-state index contributed by atoms with van der Waals surface area (Å²) in [4.78, 5) is 0. The number of hydrogen-bond donors (Lipinski definition) is 1. The summed E-state index contributed by atoms with van der Waals surface area (Å²) >= 11 is 0. The van der Waals surface area contributed by atoms with E-state index in [1.165, 1.54) is 5.56 Å². The predicted octanol–water partition coefficient (Wildman–Crippen LogP) is 1.58. The SMILES string of the molecule is CC(C)(C)c1ccccc1-c1nn[nH][nH+]1. The highest BCUT2D eigenvalue weighted by molar-refractivity contribution is 5.59. The van der Waals surface area contributed by atoms with Gasteiger partial charge in [0.2, 0.25) is 0 Å². The molecule has 0 atom stereocenters. The van der Waals surface area contributed by atoms with Crippen LogP contribution in [0.2, 0.25) is 0 Å². The maximum atomic E-state index is 4.00. The van der Waals surface area contributed by atoms with Gasteiger partial charge in [-0.3, -0.25) is 0 Å². The number of hydrogen-bond acceptors (Lipinski definition) is 2. The molecule has 2 rings (SSSR count). The van der Waals surface area contributed by atoms with Gasteiger partial charge in [0.15, 0.2) is 5.21 Å². The van der Waals surface area contributed by atoms with E-state index in [0.29, 0.717) is 0 Å². The fourth-order valence-corrected chi connectivity index (χ4v) is 1.64. The average Bonchev–Trinajstić information content (AvgIpc) is 2.69. The summed E-state index contributed by atoms with van der Waals surface area (Å²) in [5.74, 6) is 0.778. The van der Waals surface area contributed by atoms with E-state index in [1.54, 1.807) is 0 Å². The van der Waals surface area contributed by atoms with Gasteiger partial charge in [-0.25, -0.2) is 0 Å². The minimum absolute atomic E-state index is 0.101. The predicted molar refractivity (Wildman–Crippen MR) is 57.1 cm³/mol. The Kier molecular flexibility index (Phi) is 2.26. The standard InChI is InChI=1S/C11H14N4/c1-11(2,3)9-7-5-4-6-8(9)10-12-14-15-13-10/h4-7H,1-3H3,(H,12,13,14,15)/p+1. The van der Waals surface area contributed by atoms with Gasteiger partial charge < -0.3 is 0 Å². The maximum Gasteiger partial charge on any atom is 0.329 e. The monoisotopic (exact) mass is 203 g/mol. The lowest BCUT2D eigenvalue weighted by atomic mass is 9.83. The lowest BCUT2D eigenvalue weighted by Crippen LogP contribution is -2.15. The molecule has 15 heavy (non-hydrogen) atoms. The molecule has 0 spiro atoms. The van der Waals surface area contributed by atoms with Crippen molar-refractivity contribution in [3.05, 3.63) is 29.8 Å². The Bertz CT molecular complexity index is 440. The molecular formula is C11H15N4+. The van der Waals surface area contributed by atoms with Gasteiger partial charge in [-0.15, -0.1) is 0 Å². The second-order valence-electron chi connectivity index (χ2n) is 4.58. The molecule has 0 bridgehead atoms. The van der Waals surface area contributed by atoms with Crippen molar-refractivity contribution in [2.24, 2.45) is 0 Å². The van der Waals surface area contributed by atoms with Crippen LogP contribution in [0.1, 0.15) is 26.3 Å². The van der Waals surface area contributed by atoms with Gasteiger partial charge in [0.05, 0.1) is 5.56 Å². The molecule has 0 aliphatic heterocycles. The van der Waals surface area contributed by atoms with Crippen LogP contribution in [0.3, 0.4) is 0 Å². The number of benzene rings is 1. The lowest BCUT2D eigenvalue weighted by molar-refractivity contribution is -0.444. The topological polar surface area (TPSA) is 55.7 Å². The van der Waals surface area contributed by atoms with Gasteiger partial charge in [0.1, 0.15) is 5.10 Å². The van der Waals surface area contributed by atoms with E-state index >= 15 is 0 Å². The third-order valence-corrected chi connectivity index (χ3v) is 2.36. The highest BCUT2D eigenvalue weighted by Gasteiger charge is 2.22. The van der Waals surface area contributed by atoms with Gasteiger partial charge in [-0.05, 0) is 17.0 Å². The van der Waals surface area contributed by atoms with Gasteiger partial charge in [0, 0.05) is 0 Å². The Hall–Kier alpha value is -1.71. The van der Waals surface area contributed by atoms with Crippen LogP contribution in [0.4, 0.5) is 0 Å². The molecule has 1 aromatic carbocycles. The third kappa shape index (κ3) is 1.88. The molecule has 2 N–H and O–H groups in total. The number of aromatic amines is 2. The van der Waals surface area contributed by atoms with E-state index in [1.807, 2.05) is 12.1 Å². The number of nitrogens with zero attached hydrogens (tertiary/aromatic N) is 2. The van der Waals surface area contributed by atoms with Crippen LogP contribution in [0, 0.1) is 0 Å². The van der Waals surface area contributed by atoms with E-state index < -0.39 is 0 Å². The Morgan fingerprint density at radius 1 is 1.20 bits per heavy atom. The number of aromatic nitrogens is 4. The molecule has 0 amide bonds. The third-order valence-electron chi connectivity index (χ3n) is 2.36. The van der Waals surface area contributed by atoms with Crippen molar-refractivity contribution in [2.45, 2.75) is 26.2 Å². The quantitative estimate of drug-likeness (QED) is 0.765. The second kappa shape index (κ2) is 3.46. The number of tetrazole rings is 1. The van der Waals surface area contributed by atoms with Crippen LogP contribution in [0.25, 0.3) is 11.4 Å². The minimum Gasteiger partial charge on any atom is -0.172 e. The maximum absolute atomic E-state index is 4.00. The zero-order valence-corrected chi connectivity index (χ0v) is 9.20. The Balaban J connectivity index is 2.58. The lowest BCUT2D eigenvalue weighted by Gasteiger charge is -2.20. The summed E-state index contributed by atoms with van der Waals surface area (Å²) in [6.45, 7) is 6.56. The Labute approximate surface area is 88.7 Å². The fourth-order valence-electron chi connectivity index (χ4n) is 1.64. The fraction of sp³-hybridized carbons (Fsp3) is 0.364. The van der Waals surface area contributed by atoms with Crippen molar-refractivity contribution < 1.29 is 5.10 Å². The molecule has 1 aromatic heterocycles. The van der Waals surface area contributed by atoms with Crippen LogP contribution in [-0.2, 0) is 5.41 Å². The molecule has 4 nitrogen and oxygen atoms in total. The molecule has 0 aliphatic rings. The Morgan fingerprint density at radius 2 is 1.93 bits per heavy atom. The van der Waals surface area contributed by atoms with E-state index in [-0.39, 0.29) is 5.41 Å². The van der Waals surface area contributed by atoms with Crippen LogP contribution in [0.5, 0.6) is 0 Å². The van der Waals surface area contributed by atoms with E-state index in [4.69, 9.17) is 0 Å². The van der Waals surface area contributed by atoms with Crippen molar-refractivity contribution >= 4 is 0 Å². The van der Waals surface area contributed by atoms with Gasteiger partial charge in [-0.2, -0.15) is 5.10 Å². The molecule has 0 saturated carbocycles. The van der Waals surface area contributed by atoms with Crippen LogP contribution >= 0.6 is 0 Å². The highest BCUT2D eigenvalue weighted by Crippen LogP contribution is 2.29. The molecule has 1 heterocycles. The van der Waals surface area contributed by atoms with Crippen molar-refractivity contribution in [1.29, 1.82) is 0 Å². The summed E-state index contributed by atoms with van der Waals surface area (Å²) < 4.78 is 0. The summed E-state index contributed by atoms with van der Waals surface area (Å²) in [6, 6.07) is 8.23. The smallest absolute Gasteiger partial charge is 0.172 e. The molecular weight excluding hydrogens is 188 g/mol. The number of rotatable bonds is 1. The summed E-state index contributed by atoms with van der Waals surface area (Å²) in [6.07, 6.45) is 0. The van der Waals surface area contributed by atoms with Crippen LogP contribution in [0.15, 0.2) is 24.3 Å². The number of H-pyrrole nitrogens is 2. The first-order chi connectivity index (χ1) is 7.09. The molecule has 2 aromatic rings. The molecule has 0 saturated heterocycles. The van der Waals surface area contributed by atoms with Crippen LogP contribution < -0.4 is 5.10 Å². The van der Waals surface area contributed by atoms with Crippen molar-refractivity contribution in [1.82, 2.24) is 15.5 Å². The van der Waals surface area contributed by atoms with E-state index in [0.717, 1.165) is 11.4 Å². The molecule has 78 valence electrons. The first-order valence-corrected chi connectivity index (χ1v) is 4.97. The second-order valence-corrected chi connectivity index (χ2v) is 4.58. The summed E-state index contributed by atoms with van der Waals surface area (Å²) in [5.41, 5.74) is 2.46. The normalized spacial score (nSPS) is 11.7. The highest BCUT2D eigenvalue weighted by atomic mass is 15.5. The van der Waals surface area contributed by atoms with Crippen molar-refractivity contribution in [3.63, 3.8) is 0 Å². The molecule has 0 aliphatic carbocycles. The summed E-state index contributed by atoms with van der Waals surface area (Å²) in [5, 5.41) is 13.2. The molecule has 0 fully saturated rings. The van der Waals surface area contributed by atoms with Gasteiger partial charge in [0.25, 0.3) is 0 Å². The molecule has 4 heteroatoms. The van der Waals surface area contributed by atoms with Crippen molar-refractivity contribution in [2.75, 3.05) is 0 Å². The first-order valence-electron chi connectivity index (χ1n) is 4.97. The minimum atomic E-state index is 0.101. The van der Waals surface area contributed by atoms with Crippen molar-refractivity contribution in [3.8, 4) is 11.4 Å². The zero-order chi connectivity index (χ0) is 10.9. The zero-order valence-electron chi connectivity index (χ0n) is 9.20.